The number of benzene rings is 2. The molecule has 1 aromatic heterocycles. The lowest BCUT2D eigenvalue weighted by Crippen LogP contribution is -2.42. The van der Waals surface area contributed by atoms with Gasteiger partial charge < -0.3 is 19.6 Å². The number of nitrogens with one attached hydrogen (secondary N) is 1. The van der Waals surface area contributed by atoms with Crippen LogP contribution in [-0.4, -0.2) is 51.7 Å². The van der Waals surface area contributed by atoms with Crippen molar-refractivity contribution in [2.75, 3.05) is 13.7 Å². The van der Waals surface area contributed by atoms with Gasteiger partial charge in [0.1, 0.15) is 13.2 Å². The Morgan fingerprint density at radius 1 is 1.07 bits per heavy atom. The van der Waals surface area contributed by atoms with Crippen LogP contribution in [0.3, 0.4) is 0 Å². The maximum Gasteiger partial charge on any atom is 0.323 e. The van der Waals surface area contributed by atoms with E-state index in [1.54, 1.807) is 37.1 Å². The van der Waals surface area contributed by atoms with Crippen molar-refractivity contribution in [1.29, 1.82) is 0 Å². The maximum absolute atomic E-state index is 13.4. The third kappa shape index (κ3) is 4.27. The van der Waals surface area contributed by atoms with E-state index in [1.165, 1.54) is 0 Å². The van der Waals surface area contributed by atoms with Crippen molar-refractivity contribution in [3.05, 3.63) is 72.1 Å². The van der Waals surface area contributed by atoms with Crippen LogP contribution in [0.25, 0.3) is 0 Å². The number of halogens is 2. The molecule has 2 amide bonds. The Morgan fingerprint density at radius 3 is 2.55 bits per heavy atom. The number of hydrogen-bond acceptors (Lipinski definition) is 8. The minimum absolute atomic E-state index is 0.00510. The van der Waals surface area contributed by atoms with E-state index >= 15 is 0 Å². The molecule has 2 N–H and O–H groups in total. The van der Waals surface area contributed by atoms with Gasteiger partial charge in [0.25, 0.3) is 0 Å². The van der Waals surface area contributed by atoms with E-state index in [1.807, 2.05) is 18.2 Å². The van der Waals surface area contributed by atoms with Gasteiger partial charge in [-0.3, -0.25) is 24.1 Å². The summed E-state index contributed by atoms with van der Waals surface area (Å²) in [6.45, 7) is -0.410. The van der Waals surface area contributed by atoms with Crippen molar-refractivity contribution < 1.29 is 29.0 Å². The number of H-pyrrole nitrogens is 1. The average Bonchev–Trinajstić information content (AvgIpc) is 3.68. The van der Waals surface area contributed by atoms with Crippen molar-refractivity contribution in [1.82, 2.24) is 9.88 Å². The van der Waals surface area contributed by atoms with E-state index in [-0.39, 0.29) is 46.3 Å². The largest absolute Gasteiger partial charge is 0.493 e. The van der Waals surface area contributed by atoms with Crippen molar-refractivity contribution in [2.24, 2.45) is 29.6 Å². The molecule has 3 fully saturated rings. The minimum Gasteiger partial charge on any atom is -0.493 e. The average molecular weight is 648 g/mol. The highest BCUT2D eigenvalue weighted by atomic mass is 35.5. The molecule has 9 nitrogen and oxygen atoms in total. The zero-order valence-corrected chi connectivity index (χ0v) is 25.2. The third-order valence-corrected chi connectivity index (χ3v) is 12.2. The number of thiazole rings is 1. The lowest BCUT2D eigenvalue weighted by molar-refractivity contribution is -0.149. The first-order valence-corrected chi connectivity index (χ1v) is 15.8. The zero-order valence-electron chi connectivity index (χ0n) is 22.0. The molecular formula is C29H24Cl2N2O7S2. The van der Waals surface area contributed by atoms with Gasteiger partial charge in [-0.25, -0.2) is 0 Å². The van der Waals surface area contributed by atoms with E-state index in [2.05, 4.69) is 4.98 Å². The second-order valence-corrected chi connectivity index (χ2v) is 14.1. The number of nitrogens with zero attached hydrogens (tertiary/aromatic N) is 1. The Kier molecular flexibility index (Phi) is 6.84. The molecule has 3 heterocycles. The summed E-state index contributed by atoms with van der Waals surface area (Å²) < 4.78 is 11.8. The molecule has 2 aliphatic heterocycles. The predicted octanol–water partition coefficient (Wildman–Crippen LogP) is 4.89. The van der Waals surface area contributed by atoms with Gasteiger partial charge in [0, 0.05) is 31.7 Å². The fraction of sp³-hybridized carbons (Fsp3) is 0.379. The number of carboxylic acids is 1. The van der Waals surface area contributed by atoms with Crippen molar-refractivity contribution in [3.63, 3.8) is 0 Å². The number of methoxy groups -OCH3 is 1. The van der Waals surface area contributed by atoms with Crippen molar-refractivity contribution in [2.45, 2.75) is 29.2 Å². The summed E-state index contributed by atoms with van der Waals surface area (Å²) in [5, 5.41) is 11.1. The summed E-state index contributed by atoms with van der Waals surface area (Å²) in [5.41, 5.74) is 1.68. The number of thioether (sulfide) groups is 1. The Bertz CT molecular complexity index is 1710. The summed E-state index contributed by atoms with van der Waals surface area (Å²) in [7, 11) is 1.56. The molecule has 42 heavy (non-hydrogen) atoms. The van der Waals surface area contributed by atoms with Crippen LogP contribution in [0.1, 0.15) is 28.3 Å². The van der Waals surface area contributed by atoms with Crippen LogP contribution >= 0.6 is 46.3 Å². The van der Waals surface area contributed by atoms with E-state index in [4.69, 9.17) is 32.7 Å². The normalized spacial score (nSPS) is 28.9. The smallest absolute Gasteiger partial charge is 0.323 e. The van der Waals surface area contributed by atoms with Crippen LogP contribution in [0, 0.1) is 29.6 Å². The highest BCUT2D eigenvalue weighted by Crippen LogP contribution is 2.68. The minimum atomic E-state index is -1.21. The van der Waals surface area contributed by atoms with E-state index < -0.39 is 30.3 Å². The van der Waals surface area contributed by atoms with E-state index in [0.29, 0.717) is 28.0 Å². The number of carboxylic acid groups (broad SMARTS) is 1. The molecule has 1 saturated heterocycles. The van der Waals surface area contributed by atoms with Gasteiger partial charge in [-0.15, -0.1) is 11.8 Å². The van der Waals surface area contributed by atoms with Gasteiger partial charge >= 0.3 is 10.8 Å². The van der Waals surface area contributed by atoms with Crippen LogP contribution in [0.2, 0.25) is 10.0 Å². The Hall–Kier alpha value is -2.99. The highest BCUT2D eigenvalue weighted by molar-refractivity contribution is 8.00. The van der Waals surface area contributed by atoms with Gasteiger partial charge in [-0.2, -0.15) is 0 Å². The maximum atomic E-state index is 13.4. The predicted molar refractivity (Wildman–Crippen MR) is 157 cm³/mol. The first kappa shape index (κ1) is 27.8. The van der Waals surface area contributed by atoms with Crippen LogP contribution in [0.4, 0.5) is 0 Å². The van der Waals surface area contributed by atoms with E-state index in [9.17, 15) is 24.3 Å². The molecule has 2 aliphatic carbocycles. The second kappa shape index (κ2) is 10.3. The lowest BCUT2D eigenvalue weighted by atomic mass is 9.68. The first-order chi connectivity index (χ1) is 20.2. The molecule has 2 bridgehead atoms. The molecule has 0 spiro atoms. The van der Waals surface area contributed by atoms with Gasteiger partial charge in [0.2, 0.25) is 11.8 Å². The number of hydrogen-bond donors (Lipinski definition) is 2. The topological polar surface area (TPSA) is 126 Å². The number of fused-ring (bicyclic) bond motifs is 9. The molecular weight excluding hydrogens is 623 g/mol. The molecule has 7 atom stereocenters. The SMILES string of the molecule is COc1cc(C2c3sc(=O)[nH]c3SC3C4CC(C5C(=O)N(CC(=O)O)C(=O)C45)C23)ccc1OCc1ccc(Cl)cc1Cl. The third-order valence-electron chi connectivity index (χ3n) is 9.05. The summed E-state index contributed by atoms with van der Waals surface area (Å²) in [4.78, 5) is 55.2. The zero-order chi connectivity index (χ0) is 29.4. The Balaban J connectivity index is 1.24. The number of aliphatic carboxylic acids is 1. The monoisotopic (exact) mass is 646 g/mol. The van der Waals surface area contributed by atoms with Gasteiger partial charge in [0.05, 0.1) is 24.0 Å². The molecule has 0 radical (unpaired) electrons. The van der Waals surface area contributed by atoms with Gasteiger partial charge in [-0.05, 0) is 54.0 Å². The van der Waals surface area contributed by atoms with Gasteiger partial charge in [0.15, 0.2) is 11.5 Å². The number of carbonyl (C=O) groups is 3. The number of carbonyl (C=O) groups excluding carboxylic acids is 2. The van der Waals surface area contributed by atoms with Crippen LogP contribution in [0.15, 0.2) is 46.2 Å². The number of amides is 2. The molecule has 2 saturated carbocycles. The van der Waals surface area contributed by atoms with Crippen molar-refractivity contribution in [3.8, 4) is 11.5 Å². The Morgan fingerprint density at radius 2 is 1.83 bits per heavy atom. The van der Waals surface area contributed by atoms with Crippen molar-refractivity contribution >= 4 is 64.1 Å². The van der Waals surface area contributed by atoms with Crippen LogP contribution in [-0.2, 0) is 21.0 Å². The molecule has 7 unspecified atom stereocenters. The fourth-order valence-corrected chi connectivity index (χ4v) is 10.9. The number of imide groups is 1. The molecule has 3 aromatic rings. The quantitative estimate of drug-likeness (QED) is 0.348. The molecule has 7 rings (SSSR count). The standard InChI is InChI=1S/C29H24Cl2N2O7S2/c1-39-18-6-11(3-5-17(18)40-10-12-2-4-13(30)7-16(12)31)20-21-14-8-15(24(21)41-26-25(20)42-29(38)32-26)23-22(14)27(36)33(28(23)37)9-19(34)35/h2-7,14-15,20-24H,8-10H2,1H3,(H,32,38)(H,34,35). The molecule has 218 valence electrons. The summed E-state index contributed by atoms with van der Waals surface area (Å²) in [6, 6.07) is 10.9. The number of aromatic nitrogens is 1. The summed E-state index contributed by atoms with van der Waals surface area (Å²) >= 11 is 15.1. The molecule has 4 aliphatic rings. The van der Waals surface area contributed by atoms with E-state index in [0.717, 1.165) is 37.3 Å². The lowest BCUT2D eigenvalue weighted by Gasteiger charge is -2.43. The number of ether oxygens (including phenoxy) is 2. The molecule has 13 heteroatoms. The summed E-state index contributed by atoms with van der Waals surface area (Å²) in [6.07, 6.45) is 0.714. The number of rotatable bonds is 7. The highest BCUT2D eigenvalue weighted by Gasteiger charge is 2.69. The first-order valence-electron chi connectivity index (χ1n) is 13.4. The Labute approximate surface area is 258 Å². The second-order valence-electron chi connectivity index (χ2n) is 11.1. The van der Waals surface area contributed by atoms with Crippen LogP contribution < -0.4 is 14.3 Å². The number of likely N-dealkylation sites (tertiary alicyclic amines) is 1. The van der Waals surface area contributed by atoms with Gasteiger partial charge in [-0.1, -0.05) is 46.7 Å². The molecule has 2 aromatic carbocycles. The number of aromatic amines is 1. The summed E-state index contributed by atoms with van der Waals surface area (Å²) in [5.74, 6) is -2.45. The van der Waals surface area contributed by atoms with Crippen LogP contribution in [0.5, 0.6) is 11.5 Å². The fourth-order valence-electron chi connectivity index (χ4n) is 7.53.